The molecule has 46 heavy (non-hydrogen) atoms. The topological polar surface area (TPSA) is 213 Å². The smallest absolute Gasteiger partial charge is 0.336 e. The Morgan fingerprint density at radius 1 is 1.07 bits per heavy atom. The first-order valence-corrected chi connectivity index (χ1v) is 16.1. The van der Waals surface area contributed by atoms with Crippen molar-refractivity contribution in [3.05, 3.63) is 59.3 Å². The zero-order chi connectivity index (χ0) is 34.1. The molecule has 0 saturated heterocycles. The van der Waals surface area contributed by atoms with Crippen LogP contribution >= 0.6 is 11.8 Å². The predicted molar refractivity (Wildman–Crippen MR) is 171 cm³/mol. The van der Waals surface area contributed by atoms with E-state index in [1.54, 1.807) is 18.9 Å². The Labute approximate surface area is 270 Å². The van der Waals surface area contributed by atoms with Crippen LogP contribution < -0.4 is 10.5 Å². The molecule has 3 aromatic rings. The number of hydrogen-bond donors (Lipinski definition) is 7. The molecule has 250 valence electrons. The van der Waals surface area contributed by atoms with Crippen LogP contribution in [0, 0.1) is 5.92 Å². The molecule has 2 aromatic carbocycles. The number of fused-ring (bicyclic) bond motifs is 4. The highest BCUT2D eigenvalue weighted by atomic mass is 32.2. The maximum atomic E-state index is 12.1. The van der Waals surface area contributed by atoms with E-state index in [0.29, 0.717) is 19.4 Å². The maximum Gasteiger partial charge on any atom is 0.336 e. The van der Waals surface area contributed by atoms with Crippen molar-refractivity contribution in [3.63, 3.8) is 0 Å². The summed E-state index contributed by atoms with van der Waals surface area (Å²) in [6, 6.07) is 14.5. The van der Waals surface area contributed by atoms with E-state index >= 15 is 0 Å². The molecule has 1 aromatic heterocycles. The van der Waals surface area contributed by atoms with Gasteiger partial charge in [0.25, 0.3) is 0 Å². The Kier molecular flexibility index (Phi) is 10.1. The molecule has 2 aliphatic rings. The maximum absolute atomic E-state index is 12.1. The summed E-state index contributed by atoms with van der Waals surface area (Å²) in [5.41, 5.74) is 6.44. The number of nitrogens with one attached hydrogen (secondary N) is 1. The second-order valence-electron chi connectivity index (χ2n) is 12.7. The summed E-state index contributed by atoms with van der Waals surface area (Å²) >= 11 is 1.70. The molecule has 1 aliphatic carbocycles. The van der Waals surface area contributed by atoms with E-state index in [-0.39, 0.29) is 5.92 Å². The fraction of sp³-hybridized carbons (Fsp3) is 0.485. The summed E-state index contributed by atoms with van der Waals surface area (Å²) < 4.78 is 12.1. The van der Waals surface area contributed by atoms with E-state index in [0.717, 1.165) is 35.4 Å². The SMILES string of the molecule is COc1ccc2[nH]c3c(c2c1)CCOC31CCC(O)(c2ccc(SC)cc2)C(C(C)(C)N)C1.O=C(O)CC(O)(CC(=O)O)C(=O)O. The summed E-state index contributed by atoms with van der Waals surface area (Å²) in [5.74, 6) is -4.34. The minimum absolute atomic E-state index is 0.175. The number of nitrogens with two attached hydrogens (primary N) is 1. The average Bonchev–Trinajstić information content (AvgIpc) is 3.37. The molecular weight excluding hydrogens is 616 g/mol. The average molecular weight is 659 g/mol. The van der Waals surface area contributed by atoms with Gasteiger partial charge in [-0.3, -0.25) is 9.59 Å². The lowest BCUT2D eigenvalue weighted by molar-refractivity contribution is -0.175. The number of aliphatic carboxylic acids is 3. The number of rotatable bonds is 9. The van der Waals surface area contributed by atoms with Gasteiger partial charge in [0.15, 0.2) is 5.60 Å². The lowest BCUT2D eigenvalue weighted by Crippen LogP contribution is -2.58. The molecule has 13 heteroatoms. The molecule has 0 amide bonds. The molecule has 0 radical (unpaired) electrons. The highest BCUT2D eigenvalue weighted by molar-refractivity contribution is 7.98. The number of carboxylic acid groups (broad SMARTS) is 3. The van der Waals surface area contributed by atoms with Crippen molar-refractivity contribution in [2.24, 2.45) is 11.7 Å². The Morgan fingerprint density at radius 2 is 1.70 bits per heavy atom. The molecule has 12 nitrogen and oxygen atoms in total. The molecule has 1 fully saturated rings. The summed E-state index contributed by atoms with van der Waals surface area (Å²) in [6.45, 7) is 4.71. The van der Waals surface area contributed by atoms with Crippen molar-refractivity contribution in [2.45, 2.75) is 79.6 Å². The van der Waals surface area contributed by atoms with E-state index in [9.17, 15) is 19.5 Å². The van der Waals surface area contributed by atoms with Gasteiger partial charge in [0.2, 0.25) is 0 Å². The lowest BCUT2D eigenvalue weighted by Gasteiger charge is -2.54. The zero-order valence-corrected chi connectivity index (χ0v) is 27.1. The van der Waals surface area contributed by atoms with Crippen LogP contribution in [-0.4, -0.2) is 79.5 Å². The molecule has 2 heterocycles. The van der Waals surface area contributed by atoms with Crippen LogP contribution in [0.2, 0.25) is 0 Å². The quantitative estimate of drug-likeness (QED) is 0.163. The third-order valence-corrected chi connectivity index (χ3v) is 9.84. The number of ether oxygens (including phenoxy) is 2. The number of hydrogen-bond acceptors (Lipinski definition) is 9. The van der Waals surface area contributed by atoms with Crippen LogP contribution in [0.3, 0.4) is 0 Å². The molecule has 1 saturated carbocycles. The third kappa shape index (κ3) is 7.03. The van der Waals surface area contributed by atoms with Crippen LogP contribution in [0.5, 0.6) is 5.75 Å². The number of methoxy groups -OCH3 is 1. The zero-order valence-electron chi connectivity index (χ0n) is 26.3. The van der Waals surface area contributed by atoms with Gasteiger partial charge in [-0.15, -0.1) is 11.8 Å². The van der Waals surface area contributed by atoms with Crippen molar-refractivity contribution < 1.29 is 49.4 Å². The van der Waals surface area contributed by atoms with Crippen LogP contribution in [0.15, 0.2) is 47.4 Å². The molecule has 1 aliphatic heterocycles. The Bertz CT molecular complexity index is 1580. The van der Waals surface area contributed by atoms with Gasteiger partial charge in [0, 0.05) is 27.3 Å². The number of aliphatic hydroxyl groups is 2. The van der Waals surface area contributed by atoms with Crippen LogP contribution in [0.1, 0.15) is 62.8 Å². The number of aromatic amines is 1. The molecule has 0 bridgehead atoms. The van der Waals surface area contributed by atoms with E-state index in [2.05, 4.69) is 47.6 Å². The number of H-pyrrole nitrogens is 1. The molecular formula is C33H42N2O10S. The summed E-state index contributed by atoms with van der Waals surface area (Å²) in [6.07, 6.45) is 2.62. The number of carboxylic acids is 3. The second-order valence-corrected chi connectivity index (χ2v) is 13.6. The van der Waals surface area contributed by atoms with E-state index < -0.39 is 53.1 Å². The first-order valence-electron chi connectivity index (χ1n) is 14.9. The highest BCUT2D eigenvalue weighted by Gasteiger charge is 2.56. The number of aromatic nitrogens is 1. The van der Waals surface area contributed by atoms with Crippen molar-refractivity contribution in [2.75, 3.05) is 20.0 Å². The van der Waals surface area contributed by atoms with Crippen molar-refractivity contribution in [1.29, 1.82) is 0 Å². The summed E-state index contributed by atoms with van der Waals surface area (Å²) in [7, 11) is 1.70. The summed E-state index contributed by atoms with van der Waals surface area (Å²) in [4.78, 5) is 35.3. The van der Waals surface area contributed by atoms with Gasteiger partial charge in [-0.1, -0.05) is 12.1 Å². The monoisotopic (exact) mass is 658 g/mol. The summed E-state index contributed by atoms with van der Waals surface area (Å²) in [5, 5.41) is 47.1. The minimum atomic E-state index is -2.74. The van der Waals surface area contributed by atoms with Crippen molar-refractivity contribution in [3.8, 4) is 5.75 Å². The van der Waals surface area contributed by atoms with E-state index in [1.165, 1.54) is 15.8 Å². The lowest BCUT2D eigenvalue weighted by atomic mass is 9.59. The minimum Gasteiger partial charge on any atom is -0.497 e. The van der Waals surface area contributed by atoms with Crippen molar-refractivity contribution >= 4 is 40.6 Å². The van der Waals surface area contributed by atoms with E-state index in [4.69, 9.17) is 35.6 Å². The van der Waals surface area contributed by atoms with Gasteiger partial charge in [-0.05, 0) is 87.2 Å². The fourth-order valence-corrected chi connectivity index (χ4v) is 7.17. The number of thioether (sulfide) groups is 1. The van der Waals surface area contributed by atoms with E-state index in [1.807, 2.05) is 19.9 Å². The molecule has 3 atom stereocenters. The molecule has 3 unspecified atom stereocenters. The normalized spacial score (nSPS) is 22.9. The fourth-order valence-electron chi connectivity index (χ4n) is 6.77. The van der Waals surface area contributed by atoms with Gasteiger partial charge in [0.1, 0.15) is 11.4 Å². The third-order valence-electron chi connectivity index (χ3n) is 9.09. The Balaban J connectivity index is 0.000000315. The van der Waals surface area contributed by atoms with Crippen molar-refractivity contribution in [1.82, 2.24) is 4.98 Å². The van der Waals surface area contributed by atoms with Gasteiger partial charge in [-0.25, -0.2) is 4.79 Å². The van der Waals surface area contributed by atoms with Gasteiger partial charge >= 0.3 is 17.9 Å². The van der Waals surface area contributed by atoms with Crippen LogP contribution in [0.4, 0.5) is 0 Å². The highest BCUT2D eigenvalue weighted by Crippen LogP contribution is 2.56. The predicted octanol–water partition coefficient (Wildman–Crippen LogP) is 3.84. The molecule has 1 spiro atoms. The standard InChI is InChI=1S/C27H34N2O3S.C6H8O7/c1-25(2,28)23-16-26(12-13-27(23,30)17-5-8-19(33-4)9-6-17)24-20(11-14-32-26)21-15-18(31-3)7-10-22(21)29-24;7-3(8)1-6(13,5(11)12)2-4(9)10/h5-10,15,23,29-30H,11-14,16,28H2,1-4H3;13H,1-2H2,(H,7,8)(H,9,10)(H,11,12). The first-order chi connectivity index (χ1) is 21.5. The number of carbonyl (C=O) groups is 3. The largest absolute Gasteiger partial charge is 0.497 e. The Hall–Kier alpha value is -3.62. The van der Waals surface area contributed by atoms with Crippen LogP contribution in [0.25, 0.3) is 10.9 Å². The Morgan fingerprint density at radius 3 is 2.22 bits per heavy atom. The van der Waals surface area contributed by atoms with Gasteiger partial charge in [0.05, 0.1) is 37.9 Å². The van der Waals surface area contributed by atoms with Gasteiger partial charge in [-0.2, -0.15) is 0 Å². The second kappa shape index (κ2) is 13.2. The number of benzene rings is 2. The van der Waals surface area contributed by atoms with Gasteiger partial charge < -0.3 is 45.7 Å². The molecule has 8 N–H and O–H groups in total. The van der Waals surface area contributed by atoms with Crippen LogP contribution in [-0.2, 0) is 36.7 Å². The molecule has 5 rings (SSSR count). The first kappa shape index (κ1) is 35.2.